The number of nitro groups is 1. The highest BCUT2D eigenvalue weighted by Gasteiger charge is 2.43. The van der Waals surface area contributed by atoms with E-state index in [0.29, 0.717) is 40.9 Å². The largest absolute Gasteiger partial charge is 0.362 e. The average Bonchev–Trinajstić information content (AvgIpc) is 2.73. The molecular formula is C26H27N3O4. The molecular weight excluding hydrogens is 418 g/mol. The first kappa shape index (κ1) is 22.5. The standard InChI is InChI=1S/C26H27N3O4/c1-15-8-5-6-11-19(15)28-25(31)22-16(2)27-20-13-26(3,4)14-21(30)24(20)23(22)17-9-7-10-18(12-17)29(32)33/h5-12,23,27H,13-14H2,1-4H3,(H,28,31)/t23-/m0/s1. The number of allylic oxidation sites excluding steroid dienone is 3. The van der Waals surface area contributed by atoms with Gasteiger partial charge >= 0.3 is 0 Å². The lowest BCUT2D eigenvalue weighted by molar-refractivity contribution is -0.384. The molecule has 1 atom stereocenters. The van der Waals surface area contributed by atoms with Crippen molar-refractivity contribution in [1.29, 1.82) is 0 Å². The Morgan fingerprint density at radius 2 is 1.85 bits per heavy atom. The molecule has 7 nitrogen and oxygen atoms in total. The van der Waals surface area contributed by atoms with E-state index in [1.807, 2.05) is 52.0 Å². The third kappa shape index (κ3) is 4.31. The van der Waals surface area contributed by atoms with E-state index in [9.17, 15) is 19.7 Å². The third-order valence-electron chi connectivity index (χ3n) is 6.29. The number of non-ortho nitro benzene ring substituents is 1. The summed E-state index contributed by atoms with van der Waals surface area (Å²) in [4.78, 5) is 37.9. The van der Waals surface area contributed by atoms with Crippen LogP contribution in [0.5, 0.6) is 0 Å². The van der Waals surface area contributed by atoms with Gasteiger partial charge in [0.1, 0.15) is 0 Å². The van der Waals surface area contributed by atoms with Crippen LogP contribution in [0, 0.1) is 22.5 Å². The minimum atomic E-state index is -0.686. The van der Waals surface area contributed by atoms with Gasteiger partial charge in [-0.15, -0.1) is 0 Å². The molecule has 1 aliphatic carbocycles. The van der Waals surface area contributed by atoms with Crippen LogP contribution in [0.2, 0.25) is 0 Å². The van der Waals surface area contributed by atoms with Crippen molar-refractivity contribution in [3.8, 4) is 0 Å². The van der Waals surface area contributed by atoms with Gasteiger partial charge in [0.25, 0.3) is 11.6 Å². The SMILES string of the molecule is CC1=C(C(=O)Nc2ccccc2C)[C@H](c2cccc([N+](=O)[O-])c2)C2=C(CC(C)(C)CC2=O)N1. The second-order valence-corrected chi connectivity index (χ2v) is 9.55. The fraction of sp³-hybridized carbons (Fsp3) is 0.308. The summed E-state index contributed by atoms with van der Waals surface area (Å²) < 4.78 is 0. The van der Waals surface area contributed by atoms with Gasteiger partial charge in [-0.2, -0.15) is 0 Å². The van der Waals surface area contributed by atoms with Gasteiger partial charge in [0.15, 0.2) is 5.78 Å². The minimum Gasteiger partial charge on any atom is -0.362 e. The number of hydrogen-bond acceptors (Lipinski definition) is 5. The Labute approximate surface area is 192 Å². The topological polar surface area (TPSA) is 101 Å². The molecule has 1 aliphatic heterocycles. The van der Waals surface area contributed by atoms with E-state index in [2.05, 4.69) is 10.6 Å². The maximum absolute atomic E-state index is 13.6. The highest BCUT2D eigenvalue weighted by atomic mass is 16.6. The van der Waals surface area contributed by atoms with Crippen LogP contribution < -0.4 is 10.6 Å². The molecule has 0 radical (unpaired) electrons. The molecule has 1 heterocycles. The number of anilines is 1. The van der Waals surface area contributed by atoms with Gasteiger partial charge < -0.3 is 10.6 Å². The van der Waals surface area contributed by atoms with Gasteiger partial charge in [0, 0.05) is 52.7 Å². The Morgan fingerprint density at radius 1 is 1.12 bits per heavy atom. The lowest BCUT2D eigenvalue weighted by Gasteiger charge is -2.39. The first-order chi connectivity index (χ1) is 15.6. The number of aryl methyl sites for hydroxylation is 1. The summed E-state index contributed by atoms with van der Waals surface area (Å²) in [7, 11) is 0. The fourth-order valence-electron chi connectivity index (χ4n) is 4.79. The number of benzene rings is 2. The summed E-state index contributed by atoms with van der Waals surface area (Å²) in [5.41, 5.74) is 4.21. The van der Waals surface area contributed by atoms with E-state index < -0.39 is 10.8 Å². The molecule has 0 aromatic heterocycles. The van der Waals surface area contributed by atoms with Gasteiger partial charge in [-0.05, 0) is 42.9 Å². The van der Waals surface area contributed by atoms with Crippen molar-refractivity contribution in [3.63, 3.8) is 0 Å². The molecule has 1 amide bonds. The molecule has 2 aromatic carbocycles. The highest BCUT2D eigenvalue weighted by Crippen LogP contribution is 2.47. The predicted molar refractivity (Wildman–Crippen MR) is 127 cm³/mol. The number of para-hydroxylation sites is 1. The number of hydrogen-bond donors (Lipinski definition) is 2. The zero-order chi connectivity index (χ0) is 23.9. The Hall–Kier alpha value is -3.74. The number of ketones is 1. The molecule has 0 spiro atoms. The van der Waals surface area contributed by atoms with Crippen LogP contribution in [-0.2, 0) is 9.59 Å². The van der Waals surface area contributed by atoms with E-state index in [4.69, 9.17) is 0 Å². The second-order valence-electron chi connectivity index (χ2n) is 9.55. The number of carbonyl (C=O) groups is 2. The molecule has 2 N–H and O–H groups in total. The summed E-state index contributed by atoms with van der Waals surface area (Å²) in [6, 6.07) is 13.7. The summed E-state index contributed by atoms with van der Waals surface area (Å²) in [5, 5.41) is 17.7. The molecule has 0 bridgehead atoms. The second kappa shape index (κ2) is 8.31. The quantitative estimate of drug-likeness (QED) is 0.501. The lowest BCUT2D eigenvalue weighted by Crippen LogP contribution is -2.39. The zero-order valence-electron chi connectivity index (χ0n) is 19.2. The molecule has 7 heteroatoms. The van der Waals surface area contributed by atoms with Crippen LogP contribution in [0.15, 0.2) is 71.1 Å². The Morgan fingerprint density at radius 3 is 2.55 bits per heavy atom. The number of Topliss-reactive ketones (excluding diaryl/α,β-unsaturated/α-hetero) is 1. The van der Waals surface area contributed by atoms with Crippen molar-refractivity contribution in [2.24, 2.45) is 5.41 Å². The summed E-state index contributed by atoms with van der Waals surface area (Å²) in [6.07, 6.45) is 1.01. The van der Waals surface area contributed by atoms with Crippen molar-refractivity contribution in [1.82, 2.24) is 5.32 Å². The molecule has 0 saturated carbocycles. The van der Waals surface area contributed by atoms with Gasteiger partial charge in [0.2, 0.25) is 0 Å². The number of dihydropyridines is 1. The molecule has 2 aromatic rings. The van der Waals surface area contributed by atoms with E-state index in [-0.39, 0.29) is 22.8 Å². The van der Waals surface area contributed by atoms with E-state index >= 15 is 0 Å². The molecule has 33 heavy (non-hydrogen) atoms. The Bertz CT molecular complexity index is 1240. The summed E-state index contributed by atoms with van der Waals surface area (Å²) in [6.45, 7) is 7.80. The monoisotopic (exact) mass is 445 g/mol. The van der Waals surface area contributed by atoms with Crippen molar-refractivity contribution in [2.75, 3.05) is 5.32 Å². The number of carbonyl (C=O) groups excluding carboxylic acids is 2. The number of nitrogens with one attached hydrogen (secondary N) is 2. The molecule has 4 rings (SSSR count). The van der Waals surface area contributed by atoms with Crippen LogP contribution in [0.1, 0.15) is 50.7 Å². The van der Waals surface area contributed by atoms with Gasteiger partial charge in [-0.25, -0.2) is 0 Å². The smallest absolute Gasteiger partial charge is 0.269 e. The summed E-state index contributed by atoms with van der Waals surface area (Å²) >= 11 is 0. The Kier molecular flexibility index (Phi) is 5.66. The van der Waals surface area contributed by atoms with Crippen LogP contribution >= 0.6 is 0 Å². The summed E-state index contributed by atoms with van der Waals surface area (Å²) in [5.74, 6) is -1.07. The number of rotatable bonds is 4. The molecule has 2 aliphatic rings. The van der Waals surface area contributed by atoms with Crippen molar-refractivity contribution in [3.05, 3.63) is 92.3 Å². The maximum atomic E-state index is 13.6. The first-order valence-corrected chi connectivity index (χ1v) is 10.9. The lowest BCUT2D eigenvalue weighted by atomic mass is 9.68. The van der Waals surface area contributed by atoms with Gasteiger partial charge in [-0.3, -0.25) is 19.7 Å². The highest BCUT2D eigenvalue weighted by molar-refractivity contribution is 6.10. The van der Waals surface area contributed by atoms with Crippen molar-refractivity contribution >= 4 is 23.1 Å². The molecule has 0 fully saturated rings. The first-order valence-electron chi connectivity index (χ1n) is 10.9. The van der Waals surface area contributed by atoms with Crippen LogP contribution in [-0.4, -0.2) is 16.6 Å². The average molecular weight is 446 g/mol. The van der Waals surface area contributed by atoms with E-state index in [0.717, 1.165) is 11.3 Å². The van der Waals surface area contributed by atoms with E-state index in [1.54, 1.807) is 12.1 Å². The maximum Gasteiger partial charge on any atom is 0.269 e. The number of amides is 1. The van der Waals surface area contributed by atoms with Crippen LogP contribution in [0.25, 0.3) is 0 Å². The fourth-order valence-corrected chi connectivity index (χ4v) is 4.79. The Balaban J connectivity index is 1.85. The number of nitrogens with zero attached hydrogens (tertiary/aromatic N) is 1. The normalized spacial score (nSPS) is 19.6. The molecule has 0 saturated heterocycles. The predicted octanol–water partition coefficient (Wildman–Crippen LogP) is 5.15. The third-order valence-corrected chi connectivity index (χ3v) is 6.29. The molecule has 0 unspecified atom stereocenters. The van der Waals surface area contributed by atoms with Gasteiger partial charge in [-0.1, -0.05) is 44.2 Å². The molecule has 170 valence electrons. The minimum absolute atomic E-state index is 0.0426. The zero-order valence-corrected chi connectivity index (χ0v) is 19.2. The van der Waals surface area contributed by atoms with E-state index in [1.165, 1.54) is 12.1 Å². The number of nitro benzene ring substituents is 1. The van der Waals surface area contributed by atoms with Crippen molar-refractivity contribution < 1.29 is 14.5 Å². The van der Waals surface area contributed by atoms with Gasteiger partial charge in [0.05, 0.1) is 4.92 Å². The van der Waals surface area contributed by atoms with Crippen LogP contribution in [0.4, 0.5) is 11.4 Å². The van der Waals surface area contributed by atoms with Crippen LogP contribution in [0.3, 0.4) is 0 Å². The van der Waals surface area contributed by atoms with Crippen molar-refractivity contribution in [2.45, 2.75) is 46.5 Å².